The van der Waals surface area contributed by atoms with E-state index in [9.17, 15) is 0 Å². The molecule has 0 N–H and O–H groups in total. The Morgan fingerprint density at radius 3 is 2.93 bits per heavy atom. The maximum absolute atomic E-state index is 4.57. The first kappa shape index (κ1) is 7.92. The lowest BCUT2D eigenvalue weighted by Gasteiger charge is -2.00. The average Bonchev–Trinajstić information content (AvgIpc) is 3.00. The van der Waals surface area contributed by atoms with Crippen molar-refractivity contribution in [1.82, 2.24) is 9.97 Å². The van der Waals surface area contributed by atoms with E-state index in [1.165, 1.54) is 24.1 Å². The molecule has 0 unspecified atom stereocenters. The maximum Gasteiger partial charge on any atom is 0.159 e. The molecule has 1 aliphatic rings. The van der Waals surface area contributed by atoms with Gasteiger partial charge in [0, 0.05) is 23.2 Å². The summed E-state index contributed by atoms with van der Waals surface area (Å²) in [6.45, 7) is 2.06. The lowest BCUT2D eigenvalue weighted by atomic mass is 10.2. The molecule has 1 saturated carbocycles. The summed E-state index contributed by atoms with van der Waals surface area (Å²) in [6, 6.07) is 6.41. The van der Waals surface area contributed by atoms with E-state index in [4.69, 9.17) is 0 Å². The zero-order valence-electron chi connectivity index (χ0n) is 8.20. The van der Waals surface area contributed by atoms with Crippen molar-refractivity contribution in [3.8, 4) is 0 Å². The molecule has 0 aromatic carbocycles. The van der Waals surface area contributed by atoms with E-state index in [0.29, 0.717) is 5.92 Å². The number of hydrogen-bond acceptors (Lipinski definition) is 2. The molecule has 1 fully saturated rings. The molecule has 2 heterocycles. The number of aryl methyl sites for hydroxylation is 1. The van der Waals surface area contributed by atoms with Crippen LogP contribution in [0, 0.1) is 6.92 Å². The number of fused-ring (bicyclic) bond motifs is 1. The minimum Gasteiger partial charge on any atom is -0.236 e. The smallest absolute Gasteiger partial charge is 0.159 e. The summed E-state index contributed by atoms with van der Waals surface area (Å²) in [6.07, 6.45) is 4.47. The Bertz CT molecular complexity index is 487. The van der Waals surface area contributed by atoms with Gasteiger partial charge < -0.3 is 0 Å². The molecule has 14 heavy (non-hydrogen) atoms. The van der Waals surface area contributed by atoms with Crippen molar-refractivity contribution in [2.75, 3.05) is 0 Å². The predicted molar refractivity (Wildman–Crippen MR) is 56.3 cm³/mol. The van der Waals surface area contributed by atoms with Gasteiger partial charge in [0.25, 0.3) is 0 Å². The third-order valence-electron chi connectivity index (χ3n) is 2.70. The third kappa shape index (κ3) is 1.27. The van der Waals surface area contributed by atoms with Gasteiger partial charge in [0.2, 0.25) is 0 Å². The highest BCUT2D eigenvalue weighted by atomic mass is 14.8. The SMILES string of the molecule is Cc1cnc2nc(C3CC3)ccc2c1. The molecule has 0 bridgehead atoms. The number of hydrogen-bond donors (Lipinski definition) is 0. The van der Waals surface area contributed by atoms with Crippen LogP contribution in [0.4, 0.5) is 0 Å². The van der Waals surface area contributed by atoms with Gasteiger partial charge in [0.15, 0.2) is 5.65 Å². The Morgan fingerprint density at radius 2 is 2.14 bits per heavy atom. The Hall–Kier alpha value is -1.44. The second kappa shape index (κ2) is 2.77. The van der Waals surface area contributed by atoms with Crippen molar-refractivity contribution < 1.29 is 0 Å². The van der Waals surface area contributed by atoms with Gasteiger partial charge in [0.05, 0.1) is 0 Å². The molecule has 3 rings (SSSR count). The quantitative estimate of drug-likeness (QED) is 0.681. The molecule has 2 heteroatoms. The lowest BCUT2D eigenvalue weighted by Crippen LogP contribution is -1.90. The summed E-state index contributed by atoms with van der Waals surface area (Å²) in [5, 5.41) is 1.15. The monoisotopic (exact) mass is 184 g/mol. The summed E-state index contributed by atoms with van der Waals surface area (Å²) >= 11 is 0. The fourth-order valence-electron chi connectivity index (χ4n) is 1.74. The van der Waals surface area contributed by atoms with Crippen molar-refractivity contribution in [3.63, 3.8) is 0 Å². The number of pyridine rings is 2. The van der Waals surface area contributed by atoms with Crippen LogP contribution in [-0.4, -0.2) is 9.97 Å². The van der Waals surface area contributed by atoms with Crippen LogP contribution in [0.2, 0.25) is 0 Å². The predicted octanol–water partition coefficient (Wildman–Crippen LogP) is 2.82. The first-order chi connectivity index (χ1) is 6.83. The fraction of sp³-hybridized carbons (Fsp3) is 0.333. The van der Waals surface area contributed by atoms with Crippen molar-refractivity contribution in [2.45, 2.75) is 25.7 Å². The standard InChI is InChI=1S/C12H12N2/c1-8-6-10-4-5-11(9-2-3-9)14-12(10)13-7-8/h4-7,9H,2-3H2,1H3. The minimum atomic E-state index is 0.711. The summed E-state index contributed by atoms with van der Waals surface area (Å²) in [4.78, 5) is 8.91. The Balaban J connectivity index is 2.18. The van der Waals surface area contributed by atoms with E-state index in [1.807, 2.05) is 6.20 Å². The molecule has 2 nitrogen and oxygen atoms in total. The Labute approximate surface area is 83.0 Å². The van der Waals surface area contributed by atoms with Crippen LogP contribution in [-0.2, 0) is 0 Å². The summed E-state index contributed by atoms with van der Waals surface area (Å²) < 4.78 is 0. The lowest BCUT2D eigenvalue weighted by molar-refractivity contribution is 1.03. The van der Waals surface area contributed by atoms with Crippen LogP contribution in [0.1, 0.15) is 30.0 Å². The van der Waals surface area contributed by atoms with Crippen LogP contribution >= 0.6 is 0 Å². The third-order valence-corrected chi connectivity index (χ3v) is 2.70. The van der Waals surface area contributed by atoms with Crippen molar-refractivity contribution in [2.24, 2.45) is 0 Å². The number of aromatic nitrogens is 2. The van der Waals surface area contributed by atoms with Crippen molar-refractivity contribution >= 4 is 11.0 Å². The van der Waals surface area contributed by atoms with E-state index in [-0.39, 0.29) is 0 Å². The average molecular weight is 184 g/mol. The van der Waals surface area contributed by atoms with E-state index >= 15 is 0 Å². The molecule has 0 saturated heterocycles. The van der Waals surface area contributed by atoms with Crippen LogP contribution in [0.15, 0.2) is 24.4 Å². The fourth-order valence-corrected chi connectivity index (χ4v) is 1.74. The van der Waals surface area contributed by atoms with Gasteiger partial charge in [-0.3, -0.25) is 0 Å². The van der Waals surface area contributed by atoms with Crippen LogP contribution in [0.3, 0.4) is 0 Å². The van der Waals surface area contributed by atoms with Gasteiger partial charge in [-0.05, 0) is 43.5 Å². The first-order valence-electron chi connectivity index (χ1n) is 5.06. The normalized spacial score (nSPS) is 16.1. The van der Waals surface area contributed by atoms with Crippen molar-refractivity contribution in [3.05, 3.63) is 35.7 Å². The molecule has 1 aliphatic carbocycles. The van der Waals surface area contributed by atoms with E-state index in [0.717, 1.165) is 11.0 Å². The molecular formula is C12H12N2. The highest BCUT2D eigenvalue weighted by Crippen LogP contribution is 2.39. The van der Waals surface area contributed by atoms with Gasteiger partial charge in [-0.1, -0.05) is 0 Å². The van der Waals surface area contributed by atoms with Crippen molar-refractivity contribution in [1.29, 1.82) is 0 Å². The molecular weight excluding hydrogens is 172 g/mol. The van der Waals surface area contributed by atoms with E-state index in [1.54, 1.807) is 0 Å². The van der Waals surface area contributed by atoms with E-state index < -0.39 is 0 Å². The molecule has 0 atom stereocenters. The largest absolute Gasteiger partial charge is 0.236 e. The second-order valence-corrected chi connectivity index (χ2v) is 4.07. The summed E-state index contributed by atoms with van der Waals surface area (Å²) in [7, 11) is 0. The maximum atomic E-state index is 4.57. The highest BCUT2D eigenvalue weighted by Gasteiger charge is 2.24. The van der Waals surface area contributed by atoms with Gasteiger partial charge in [0.1, 0.15) is 0 Å². The van der Waals surface area contributed by atoms with Crippen LogP contribution in [0.5, 0.6) is 0 Å². The second-order valence-electron chi connectivity index (χ2n) is 4.07. The highest BCUT2D eigenvalue weighted by molar-refractivity contribution is 5.75. The van der Waals surface area contributed by atoms with Gasteiger partial charge >= 0.3 is 0 Å². The first-order valence-corrected chi connectivity index (χ1v) is 5.06. The van der Waals surface area contributed by atoms with Gasteiger partial charge in [-0.2, -0.15) is 0 Å². The zero-order chi connectivity index (χ0) is 9.54. The van der Waals surface area contributed by atoms with Gasteiger partial charge in [-0.25, -0.2) is 9.97 Å². The Kier molecular flexibility index (Phi) is 1.57. The molecule has 2 aromatic rings. The molecule has 0 radical (unpaired) electrons. The molecule has 70 valence electrons. The Morgan fingerprint density at radius 1 is 1.29 bits per heavy atom. The van der Waals surface area contributed by atoms with Gasteiger partial charge in [-0.15, -0.1) is 0 Å². The number of rotatable bonds is 1. The summed E-state index contributed by atoms with van der Waals surface area (Å²) in [5.74, 6) is 0.711. The van der Waals surface area contributed by atoms with Crippen LogP contribution in [0.25, 0.3) is 11.0 Å². The summed E-state index contributed by atoms with van der Waals surface area (Å²) in [5.41, 5.74) is 3.30. The molecule has 0 amide bonds. The molecule has 0 spiro atoms. The van der Waals surface area contributed by atoms with E-state index in [2.05, 4.69) is 35.1 Å². The zero-order valence-corrected chi connectivity index (χ0v) is 8.20. The topological polar surface area (TPSA) is 25.8 Å². The molecule has 2 aromatic heterocycles. The van der Waals surface area contributed by atoms with Crippen LogP contribution < -0.4 is 0 Å². The number of nitrogens with zero attached hydrogens (tertiary/aromatic N) is 2. The minimum absolute atomic E-state index is 0.711. The molecule has 0 aliphatic heterocycles.